The molecule has 0 bridgehead atoms. The highest BCUT2D eigenvalue weighted by molar-refractivity contribution is 6.39. The molecule has 4 N–H and O–H groups in total. The Morgan fingerprint density at radius 1 is 1.31 bits per heavy atom. The molecule has 0 aliphatic heterocycles. The second kappa shape index (κ2) is 3.57. The van der Waals surface area contributed by atoms with Gasteiger partial charge in [0.05, 0.1) is 5.69 Å². The van der Waals surface area contributed by atoms with Gasteiger partial charge in [-0.25, -0.2) is 0 Å². The van der Waals surface area contributed by atoms with Crippen molar-refractivity contribution < 1.29 is 14.7 Å². The Morgan fingerprint density at radius 2 is 1.92 bits per heavy atom. The zero-order valence-corrected chi connectivity index (χ0v) is 6.65. The molecule has 5 nitrogen and oxygen atoms in total. The summed E-state index contributed by atoms with van der Waals surface area (Å²) in [5, 5.41) is 11.3. The van der Waals surface area contributed by atoms with Crippen molar-refractivity contribution in [1.29, 1.82) is 0 Å². The summed E-state index contributed by atoms with van der Waals surface area (Å²) in [6.45, 7) is 0. The molecule has 0 fully saturated rings. The molecule has 13 heavy (non-hydrogen) atoms. The molecule has 0 radical (unpaired) electrons. The van der Waals surface area contributed by atoms with Gasteiger partial charge >= 0.3 is 11.8 Å². The monoisotopic (exact) mass is 180 g/mol. The fourth-order valence-corrected chi connectivity index (χ4v) is 0.763. The standard InChI is InChI=1S/C8H8N2O3/c9-7(12)8(13)10-5-3-1-2-4-6(5)11/h1-4,11H,(H2,9,12)(H,10,13). The smallest absolute Gasteiger partial charge is 0.313 e. The van der Waals surface area contributed by atoms with Crippen LogP contribution in [0, 0.1) is 0 Å². The highest BCUT2D eigenvalue weighted by Crippen LogP contribution is 2.20. The van der Waals surface area contributed by atoms with E-state index in [1.807, 2.05) is 0 Å². The molecule has 68 valence electrons. The molecule has 0 unspecified atom stereocenters. The molecular formula is C8H8N2O3. The van der Waals surface area contributed by atoms with E-state index in [2.05, 4.69) is 5.32 Å². The number of phenolic OH excluding ortho intramolecular Hbond substituents is 1. The molecule has 0 aromatic heterocycles. The Balaban J connectivity index is 2.81. The maximum absolute atomic E-state index is 10.8. The zero-order valence-electron chi connectivity index (χ0n) is 6.65. The summed E-state index contributed by atoms with van der Waals surface area (Å²) in [5.41, 5.74) is 4.86. The predicted molar refractivity (Wildman–Crippen MR) is 45.9 cm³/mol. The molecule has 0 saturated heterocycles. The third-order valence-corrected chi connectivity index (χ3v) is 1.38. The Hall–Kier alpha value is -2.04. The first-order chi connectivity index (χ1) is 6.11. The zero-order chi connectivity index (χ0) is 9.84. The lowest BCUT2D eigenvalue weighted by atomic mass is 10.3. The number of phenols is 1. The maximum Gasteiger partial charge on any atom is 0.313 e. The summed E-state index contributed by atoms with van der Waals surface area (Å²) in [6, 6.07) is 6.04. The van der Waals surface area contributed by atoms with Crippen LogP contribution in [0.2, 0.25) is 0 Å². The third-order valence-electron chi connectivity index (χ3n) is 1.38. The molecule has 0 spiro atoms. The van der Waals surface area contributed by atoms with E-state index >= 15 is 0 Å². The van der Waals surface area contributed by atoms with E-state index < -0.39 is 11.8 Å². The fraction of sp³-hybridized carbons (Fsp3) is 0. The van der Waals surface area contributed by atoms with Crippen molar-refractivity contribution in [2.75, 3.05) is 5.32 Å². The van der Waals surface area contributed by atoms with Crippen molar-refractivity contribution >= 4 is 17.5 Å². The number of carbonyl (C=O) groups excluding carboxylic acids is 2. The minimum absolute atomic E-state index is 0.114. The number of nitrogens with two attached hydrogens (primary N) is 1. The molecule has 5 heteroatoms. The van der Waals surface area contributed by atoms with Crippen molar-refractivity contribution in [2.45, 2.75) is 0 Å². The molecule has 0 heterocycles. The van der Waals surface area contributed by atoms with Gasteiger partial charge in [-0.15, -0.1) is 0 Å². The van der Waals surface area contributed by atoms with Gasteiger partial charge < -0.3 is 16.2 Å². The van der Waals surface area contributed by atoms with Crippen molar-refractivity contribution in [2.24, 2.45) is 5.73 Å². The first kappa shape index (κ1) is 9.05. The highest BCUT2D eigenvalue weighted by atomic mass is 16.3. The number of anilines is 1. The molecule has 1 aromatic carbocycles. The second-order valence-corrected chi connectivity index (χ2v) is 2.34. The topological polar surface area (TPSA) is 92.4 Å². The minimum Gasteiger partial charge on any atom is -0.506 e. The summed E-state index contributed by atoms with van der Waals surface area (Å²) in [7, 11) is 0. The van der Waals surface area contributed by atoms with E-state index in [4.69, 9.17) is 5.73 Å². The normalized spacial score (nSPS) is 9.23. The quantitative estimate of drug-likeness (QED) is 0.413. The number of hydrogen-bond acceptors (Lipinski definition) is 3. The van der Waals surface area contributed by atoms with Crippen molar-refractivity contribution in [3.63, 3.8) is 0 Å². The lowest BCUT2D eigenvalue weighted by molar-refractivity contribution is -0.134. The lowest BCUT2D eigenvalue weighted by Crippen LogP contribution is -2.29. The molecule has 0 saturated carbocycles. The first-order valence-electron chi connectivity index (χ1n) is 3.50. The van der Waals surface area contributed by atoms with Gasteiger partial charge in [-0.1, -0.05) is 12.1 Å². The van der Waals surface area contributed by atoms with Crippen molar-refractivity contribution in [1.82, 2.24) is 0 Å². The van der Waals surface area contributed by atoms with Crippen LogP contribution in [0.3, 0.4) is 0 Å². The van der Waals surface area contributed by atoms with Gasteiger partial charge in [0.25, 0.3) is 0 Å². The average Bonchev–Trinajstić information content (AvgIpc) is 2.08. The van der Waals surface area contributed by atoms with E-state index in [-0.39, 0.29) is 11.4 Å². The van der Waals surface area contributed by atoms with Gasteiger partial charge in [0.2, 0.25) is 0 Å². The van der Waals surface area contributed by atoms with Crippen LogP contribution >= 0.6 is 0 Å². The summed E-state index contributed by atoms with van der Waals surface area (Å²) >= 11 is 0. The summed E-state index contributed by atoms with van der Waals surface area (Å²) in [5.74, 6) is -2.16. The van der Waals surface area contributed by atoms with Crippen LogP contribution in [0.5, 0.6) is 5.75 Å². The van der Waals surface area contributed by atoms with Crippen LogP contribution in [0.25, 0.3) is 0 Å². The predicted octanol–water partition coefficient (Wildman–Crippen LogP) is -0.184. The van der Waals surface area contributed by atoms with Crippen molar-refractivity contribution in [3.05, 3.63) is 24.3 Å². The summed E-state index contributed by atoms with van der Waals surface area (Å²) in [6.07, 6.45) is 0. The van der Waals surface area contributed by atoms with Crippen LogP contribution in [-0.4, -0.2) is 16.9 Å². The van der Waals surface area contributed by atoms with E-state index in [0.29, 0.717) is 0 Å². The molecular weight excluding hydrogens is 172 g/mol. The van der Waals surface area contributed by atoms with Crippen LogP contribution in [0.4, 0.5) is 5.69 Å². The molecule has 2 amide bonds. The summed E-state index contributed by atoms with van der Waals surface area (Å²) < 4.78 is 0. The van der Waals surface area contributed by atoms with Gasteiger partial charge in [-0.3, -0.25) is 9.59 Å². The molecule has 0 aliphatic carbocycles. The van der Waals surface area contributed by atoms with Crippen LogP contribution in [0.15, 0.2) is 24.3 Å². The van der Waals surface area contributed by atoms with E-state index in [1.54, 1.807) is 12.1 Å². The number of benzene rings is 1. The van der Waals surface area contributed by atoms with E-state index in [0.717, 1.165) is 0 Å². The number of rotatable bonds is 1. The number of amides is 2. The first-order valence-corrected chi connectivity index (χ1v) is 3.50. The number of para-hydroxylation sites is 2. The second-order valence-electron chi connectivity index (χ2n) is 2.34. The summed E-state index contributed by atoms with van der Waals surface area (Å²) in [4.78, 5) is 21.1. The fourth-order valence-electron chi connectivity index (χ4n) is 0.763. The number of nitrogens with one attached hydrogen (secondary N) is 1. The van der Waals surface area contributed by atoms with Gasteiger partial charge in [0.15, 0.2) is 0 Å². The Bertz CT molecular complexity index is 349. The molecule has 0 atom stereocenters. The molecule has 1 rings (SSSR count). The Morgan fingerprint density at radius 3 is 2.46 bits per heavy atom. The number of hydrogen-bond donors (Lipinski definition) is 3. The largest absolute Gasteiger partial charge is 0.506 e. The number of aromatic hydroxyl groups is 1. The third kappa shape index (κ3) is 2.19. The SMILES string of the molecule is NC(=O)C(=O)Nc1ccccc1O. The molecule has 1 aromatic rings. The van der Waals surface area contributed by atoms with Crippen LogP contribution in [0.1, 0.15) is 0 Å². The van der Waals surface area contributed by atoms with E-state index in [9.17, 15) is 14.7 Å². The van der Waals surface area contributed by atoms with Gasteiger partial charge in [-0.05, 0) is 12.1 Å². The number of carbonyl (C=O) groups is 2. The van der Waals surface area contributed by atoms with Crippen LogP contribution in [-0.2, 0) is 9.59 Å². The highest BCUT2D eigenvalue weighted by Gasteiger charge is 2.10. The maximum atomic E-state index is 10.8. The average molecular weight is 180 g/mol. The van der Waals surface area contributed by atoms with Gasteiger partial charge in [-0.2, -0.15) is 0 Å². The lowest BCUT2D eigenvalue weighted by Gasteiger charge is -2.03. The minimum atomic E-state index is -1.09. The van der Waals surface area contributed by atoms with Gasteiger partial charge in [0.1, 0.15) is 5.75 Å². The van der Waals surface area contributed by atoms with Crippen molar-refractivity contribution in [3.8, 4) is 5.75 Å². The van der Waals surface area contributed by atoms with E-state index in [1.165, 1.54) is 12.1 Å². The van der Waals surface area contributed by atoms with Gasteiger partial charge in [0, 0.05) is 0 Å². The van der Waals surface area contributed by atoms with Crippen LogP contribution < -0.4 is 11.1 Å². The Kier molecular flexibility index (Phi) is 2.49. The Labute approximate surface area is 74.2 Å². The number of primary amides is 1. The molecule has 0 aliphatic rings.